The molecule has 1 heterocycles. The second-order valence-electron chi connectivity index (χ2n) is 4.66. The van der Waals surface area contributed by atoms with Gasteiger partial charge in [-0.2, -0.15) is 0 Å². The summed E-state index contributed by atoms with van der Waals surface area (Å²) in [6.07, 6.45) is 0. The van der Waals surface area contributed by atoms with Crippen molar-refractivity contribution in [1.82, 2.24) is 4.90 Å². The minimum atomic E-state index is -1.05. The number of thiophene rings is 1. The molecule has 0 bridgehead atoms. The second-order valence-corrected chi connectivity index (χ2v) is 5.71. The molecule has 0 aliphatic carbocycles. The summed E-state index contributed by atoms with van der Waals surface area (Å²) >= 11 is 1.31. The molecule has 2 aromatic rings. The second kappa shape index (κ2) is 7.09. The molecule has 1 aromatic heterocycles. The number of aliphatic carboxylic acids is 1. The summed E-state index contributed by atoms with van der Waals surface area (Å²) in [4.78, 5) is 25.7. The molecule has 0 radical (unpaired) electrons. The third kappa shape index (κ3) is 3.65. The van der Waals surface area contributed by atoms with Crippen LogP contribution in [0.3, 0.4) is 0 Å². The zero-order chi connectivity index (χ0) is 16.1. The zero-order valence-corrected chi connectivity index (χ0v) is 13.2. The summed E-state index contributed by atoms with van der Waals surface area (Å²) in [6, 6.07) is 11.5. The molecular formula is C16H17NO4S. The van der Waals surface area contributed by atoms with Crippen molar-refractivity contribution in [2.45, 2.75) is 6.92 Å². The molecule has 0 saturated heterocycles. The van der Waals surface area contributed by atoms with E-state index in [1.807, 2.05) is 43.3 Å². The summed E-state index contributed by atoms with van der Waals surface area (Å²) in [6.45, 7) is 1.94. The van der Waals surface area contributed by atoms with Gasteiger partial charge in [-0.3, -0.25) is 9.59 Å². The van der Waals surface area contributed by atoms with Crippen LogP contribution in [-0.2, 0) is 4.79 Å². The smallest absolute Gasteiger partial charge is 0.323 e. The Balaban J connectivity index is 2.35. The predicted octanol–water partition coefficient (Wildman–Crippen LogP) is 2.97. The molecule has 0 aliphatic rings. The van der Waals surface area contributed by atoms with Gasteiger partial charge in [0.15, 0.2) is 0 Å². The molecule has 0 spiro atoms. The van der Waals surface area contributed by atoms with Gasteiger partial charge in [-0.05, 0) is 18.6 Å². The third-order valence-corrected chi connectivity index (χ3v) is 4.12. The highest BCUT2D eigenvalue weighted by atomic mass is 32.1. The average molecular weight is 319 g/mol. The molecule has 0 saturated carbocycles. The highest BCUT2D eigenvalue weighted by molar-refractivity contribution is 7.17. The van der Waals surface area contributed by atoms with Crippen LogP contribution in [0.15, 0.2) is 36.4 Å². The van der Waals surface area contributed by atoms with E-state index in [-0.39, 0.29) is 12.5 Å². The van der Waals surface area contributed by atoms with Crippen LogP contribution in [-0.4, -0.2) is 42.1 Å². The van der Waals surface area contributed by atoms with E-state index in [0.717, 1.165) is 10.4 Å². The van der Waals surface area contributed by atoms with Gasteiger partial charge in [0.25, 0.3) is 5.91 Å². The Hall–Kier alpha value is -2.34. The first-order chi connectivity index (χ1) is 10.5. The monoisotopic (exact) mass is 319 g/mol. The molecule has 6 heteroatoms. The molecule has 0 fully saturated rings. The van der Waals surface area contributed by atoms with Crippen molar-refractivity contribution < 1.29 is 19.4 Å². The minimum absolute atomic E-state index is 0.344. The number of rotatable bonds is 6. The Kier molecular flexibility index (Phi) is 5.16. The number of carbonyl (C=O) groups is 2. The summed E-state index contributed by atoms with van der Waals surface area (Å²) in [5.74, 6) is -0.903. The Labute approximate surface area is 132 Å². The number of carbonyl (C=O) groups excluding carboxylic acids is 1. The molecule has 1 N–H and O–H groups in total. The van der Waals surface area contributed by atoms with Crippen molar-refractivity contribution in [3.8, 4) is 16.2 Å². The number of benzene rings is 1. The largest absolute Gasteiger partial charge is 0.492 e. The van der Waals surface area contributed by atoms with Gasteiger partial charge in [-0.1, -0.05) is 30.3 Å². The maximum Gasteiger partial charge on any atom is 0.323 e. The van der Waals surface area contributed by atoms with E-state index in [0.29, 0.717) is 17.2 Å². The number of amides is 1. The molecule has 116 valence electrons. The number of ether oxygens (including phenoxy) is 1. The zero-order valence-electron chi connectivity index (χ0n) is 12.4. The van der Waals surface area contributed by atoms with Crippen LogP contribution in [0.25, 0.3) is 10.4 Å². The van der Waals surface area contributed by atoms with Crippen molar-refractivity contribution in [1.29, 1.82) is 0 Å². The highest BCUT2D eigenvalue weighted by Gasteiger charge is 2.22. The SMILES string of the molecule is CCOc1cc(-c2ccccc2)sc1C(=O)N(C)CC(=O)O. The third-order valence-electron chi connectivity index (χ3n) is 2.97. The molecule has 5 nitrogen and oxygen atoms in total. The van der Waals surface area contributed by atoms with E-state index in [1.54, 1.807) is 0 Å². The molecular weight excluding hydrogens is 302 g/mol. The Morgan fingerprint density at radius 2 is 1.95 bits per heavy atom. The molecule has 2 rings (SSSR count). The van der Waals surface area contributed by atoms with Crippen molar-refractivity contribution in [2.24, 2.45) is 0 Å². The van der Waals surface area contributed by atoms with E-state index in [9.17, 15) is 9.59 Å². The van der Waals surface area contributed by atoms with Gasteiger partial charge < -0.3 is 14.7 Å². The van der Waals surface area contributed by atoms with E-state index in [4.69, 9.17) is 9.84 Å². The maximum absolute atomic E-state index is 12.4. The van der Waals surface area contributed by atoms with Crippen molar-refractivity contribution in [2.75, 3.05) is 20.2 Å². The van der Waals surface area contributed by atoms with Gasteiger partial charge in [0, 0.05) is 11.9 Å². The van der Waals surface area contributed by atoms with Crippen LogP contribution in [0, 0.1) is 0 Å². The summed E-state index contributed by atoms with van der Waals surface area (Å²) in [7, 11) is 1.47. The fraction of sp³-hybridized carbons (Fsp3) is 0.250. The molecule has 1 aromatic carbocycles. The molecule has 0 aliphatic heterocycles. The first kappa shape index (κ1) is 16.0. The standard InChI is InChI=1S/C16H17NO4S/c1-3-21-12-9-13(11-7-5-4-6-8-11)22-15(12)16(20)17(2)10-14(18)19/h4-9H,3,10H2,1-2H3,(H,18,19). The van der Waals surface area contributed by atoms with E-state index >= 15 is 0 Å². The number of carboxylic acids is 1. The van der Waals surface area contributed by atoms with Crippen molar-refractivity contribution >= 4 is 23.2 Å². The number of hydrogen-bond acceptors (Lipinski definition) is 4. The van der Waals surface area contributed by atoms with Gasteiger partial charge >= 0.3 is 5.97 Å². The number of likely N-dealkylation sites (N-methyl/N-ethyl adjacent to an activating group) is 1. The maximum atomic E-state index is 12.4. The lowest BCUT2D eigenvalue weighted by Gasteiger charge is -2.14. The topological polar surface area (TPSA) is 66.8 Å². The fourth-order valence-electron chi connectivity index (χ4n) is 1.98. The quantitative estimate of drug-likeness (QED) is 0.889. The lowest BCUT2D eigenvalue weighted by Crippen LogP contribution is -2.31. The first-order valence-corrected chi connectivity index (χ1v) is 7.64. The van der Waals surface area contributed by atoms with Crippen LogP contribution >= 0.6 is 11.3 Å². The number of carboxylic acid groups (broad SMARTS) is 1. The minimum Gasteiger partial charge on any atom is -0.492 e. The summed E-state index contributed by atoms with van der Waals surface area (Å²) in [5.41, 5.74) is 0.994. The van der Waals surface area contributed by atoms with Crippen LogP contribution in [0.2, 0.25) is 0 Å². The van der Waals surface area contributed by atoms with Crippen molar-refractivity contribution in [3.63, 3.8) is 0 Å². The number of nitrogens with zero attached hydrogens (tertiary/aromatic N) is 1. The van der Waals surface area contributed by atoms with Crippen LogP contribution in [0.1, 0.15) is 16.6 Å². The summed E-state index contributed by atoms with van der Waals surface area (Å²) in [5, 5.41) is 8.81. The Morgan fingerprint density at radius 3 is 2.55 bits per heavy atom. The normalized spacial score (nSPS) is 10.3. The predicted molar refractivity (Wildman–Crippen MR) is 85.5 cm³/mol. The van der Waals surface area contributed by atoms with E-state index in [2.05, 4.69) is 0 Å². The van der Waals surface area contributed by atoms with E-state index < -0.39 is 5.97 Å². The van der Waals surface area contributed by atoms with Crippen LogP contribution < -0.4 is 4.74 Å². The molecule has 0 unspecified atom stereocenters. The van der Waals surface area contributed by atoms with Gasteiger partial charge in [0.2, 0.25) is 0 Å². The van der Waals surface area contributed by atoms with Crippen LogP contribution in [0.5, 0.6) is 5.75 Å². The summed E-state index contributed by atoms with van der Waals surface area (Å²) < 4.78 is 5.53. The fourth-order valence-corrected chi connectivity index (χ4v) is 3.08. The molecule has 0 atom stereocenters. The highest BCUT2D eigenvalue weighted by Crippen LogP contribution is 2.37. The van der Waals surface area contributed by atoms with Gasteiger partial charge in [-0.15, -0.1) is 11.3 Å². The van der Waals surface area contributed by atoms with Gasteiger partial charge in [0.05, 0.1) is 6.61 Å². The Bertz CT molecular complexity index is 666. The average Bonchev–Trinajstić information content (AvgIpc) is 2.91. The lowest BCUT2D eigenvalue weighted by molar-refractivity contribution is -0.137. The number of hydrogen-bond donors (Lipinski definition) is 1. The van der Waals surface area contributed by atoms with Crippen LogP contribution in [0.4, 0.5) is 0 Å². The molecule has 1 amide bonds. The molecule has 22 heavy (non-hydrogen) atoms. The van der Waals surface area contributed by atoms with E-state index in [1.165, 1.54) is 23.3 Å². The first-order valence-electron chi connectivity index (χ1n) is 6.82. The Morgan fingerprint density at radius 1 is 1.27 bits per heavy atom. The van der Waals surface area contributed by atoms with Gasteiger partial charge in [0.1, 0.15) is 17.2 Å². The lowest BCUT2D eigenvalue weighted by atomic mass is 10.2. The van der Waals surface area contributed by atoms with Gasteiger partial charge in [-0.25, -0.2) is 0 Å². The van der Waals surface area contributed by atoms with Crippen molar-refractivity contribution in [3.05, 3.63) is 41.3 Å².